The van der Waals surface area contributed by atoms with Crippen LogP contribution in [-0.4, -0.2) is 17.2 Å². The Bertz CT molecular complexity index is 571. The molecule has 20 heavy (non-hydrogen) atoms. The second kappa shape index (κ2) is 5.61. The monoisotopic (exact) mass is 272 g/mol. The van der Waals surface area contributed by atoms with Gasteiger partial charge in [0.1, 0.15) is 11.4 Å². The van der Waals surface area contributed by atoms with Crippen molar-refractivity contribution >= 4 is 17.3 Å². The molecule has 1 aromatic carbocycles. The molecule has 1 atom stereocenters. The van der Waals surface area contributed by atoms with Gasteiger partial charge in [-0.2, -0.15) is 0 Å². The van der Waals surface area contributed by atoms with E-state index in [1.165, 1.54) is 6.08 Å². The molecule has 0 spiro atoms. The number of hydrogen-bond acceptors (Lipinski definition) is 3. The first kappa shape index (κ1) is 14.5. The van der Waals surface area contributed by atoms with Crippen molar-refractivity contribution < 1.29 is 14.3 Å². The third-order valence-corrected chi connectivity index (χ3v) is 3.81. The zero-order valence-electron chi connectivity index (χ0n) is 12.2. The Morgan fingerprint density at radius 3 is 2.35 bits per heavy atom. The van der Waals surface area contributed by atoms with Gasteiger partial charge in [0.25, 0.3) is 0 Å². The number of carbonyl (C=O) groups is 2. The number of ether oxygens (including phenoxy) is 1. The van der Waals surface area contributed by atoms with Crippen molar-refractivity contribution in [3.63, 3.8) is 0 Å². The lowest BCUT2D eigenvalue weighted by Gasteiger charge is -2.32. The van der Waals surface area contributed by atoms with Crippen molar-refractivity contribution in [2.24, 2.45) is 0 Å². The Morgan fingerprint density at radius 2 is 1.75 bits per heavy atom. The molecule has 0 aromatic heterocycles. The standard InChI is InChI=1S/C17H20O3/c1-4-10-17(3,5-2)20-15-11-14(18)16(19)13-9-7-6-8-12(13)15/h6-9,11H,4-5,10H2,1-3H3. The van der Waals surface area contributed by atoms with Gasteiger partial charge in [-0.1, -0.05) is 44.5 Å². The molecule has 1 aliphatic rings. The zero-order chi connectivity index (χ0) is 14.8. The van der Waals surface area contributed by atoms with E-state index >= 15 is 0 Å². The van der Waals surface area contributed by atoms with E-state index in [4.69, 9.17) is 4.74 Å². The zero-order valence-corrected chi connectivity index (χ0v) is 12.2. The van der Waals surface area contributed by atoms with Gasteiger partial charge in [-0.25, -0.2) is 0 Å². The molecule has 106 valence electrons. The van der Waals surface area contributed by atoms with Crippen molar-refractivity contribution in [2.45, 2.75) is 45.6 Å². The third-order valence-electron chi connectivity index (χ3n) is 3.81. The molecule has 0 N–H and O–H groups in total. The second-order valence-electron chi connectivity index (χ2n) is 5.40. The Hall–Kier alpha value is -1.90. The minimum Gasteiger partial charge on any atom is -0.487 e. The van der Waals surface area contributed by atoms with Gasteiger partial charge in [-0.15, -0.1) is 0 Å². The number of Topliss-reactive ketones (excluding diaryl/α,β-unsaturated/α-hetero) is 1. The predicted octanol–water partition coefficient (Wildman–Crippen LogP) is 3.78. The highest BCUT2D eigenvalue weighted by atomic mass is 16.5. The van der Waals surface area contributed by atoms with Crippen LogP contribution in [0, 0.1) is 0 Å². The quantitative estimate of drug-likeness (QED) is 0.766. The molecule has 3 heteroatoms. The average molecular weight is 272 g/mol. The molecule has 0 saturated carbocycles. The molecule has 0 saturated heterocycles. The van der Waals surface area contributed by atoms with Gasteiger partial charge in [-0.05, 0) is 19.8 Å². The van der Waals surface area contributed by atoms with Crippen LogP contribution in [0.25, 0.3) is 5.76 Å². The maximum atomic E-state index is 11.9. The highest BCUT2D eigenvalue weighted by Gasteiger charge is 2.31. The summed E-state index contributed by atoms with van der Waals surface area (Å²) < 4.78 is 6.10. The van der Waals surface area contributed by atoms with Crippen molar-refractivity contribution in [1.29, 1.82) is 0 Å². The summed E-state index contributed by atoms with van der Waals surface area (Å²) in [5.41, 5.74) is 0.840. The van der Waals surface area contributed by atoms with Gasteiger partial charge < -0.3 is 4.74 Å². The summed E-state index contributed by atoms with van der Waals surface area (Å²) in [5, 5.41) is 0. The number of ketones is 2. The van der Waals surface area contributed by atoms with Crippen LogP contribution < -0.4 is 0 Å². The smallest absolute Gasteiger partial charge is 0.233 e. The fourth-order valence-electron chi connectivity index (χ4n) is 2.47. The molecule has 0 fully saturated rings. The third kappa shape index (κ3) is 2.67. The number of benzene rings is 1. The second-order valence-corrected chi connectivity index (χ2v) is 5.40. The molecule has 1 aliphatic carbocycles. The van der Waals surface area contributed by atoms with Crippen LogP contribution in [-0.2, 0) is 9.53 Å². The minimum atomic E-state index is -0.506. The highest BCUT2D eigenvalue weighted by molar-refractivity contribution is 6.50. The maximum Gasteiger partial charge on any atom is 0.233 e. The number of fused-ring (bicyclic) bond motifs is 1. The molecule has 0 amide bonds. The molecule has 3 nitrogen and oxygen atoms in total. The summed E-state index contributed by atoms with van der Waals surface area (Å²) in [6.07, 6.45) is 4.09. The van der Waals surface area contributed by atoms with Gasteiger partial charge in [0.2, 0.25) is 11.6 Å². The Morgan fingerprint density at radius 1 is 1.10 bits per heavy atom. The van der Waals surface area contributed by atoms with E-state index in [1.54, 1.807) is 12.1 Å². The first-order valence-electron chi connectivity index (χ1n) is 7.09. The van der Waals surface area contributed by atoms with Gasteiger partial charge in [0.05, 0.1) is 0 Å². The molecule has 0 radical (unpaired) electrons. The van der Waals surface area contributed by atoms with E-state index in [0.29, 0.717) is 16.9 Å². The normalized spacial score (nSPS) is 17.2. The van der Waals surface area contributed by atoms with Crippen molar-refractivity contribution in [3.8, 4) is 0 Å². The lowest BCUT2D eigenvalue weighted by atomic mass is 9.92. The topological polar surface area (TPSA) is 43.4 Å². The summed E-state index contributed by atoms with van der Waals surface area (Å²) in [7, 11) is 0. The number of allylic oxidation sites excluding steroid dienone is 1. The molecule has 0 aliphatic heterocycles. The Labute approximate surface area is 119 Å². The van der Waals surface area contributed by atoms with Crippen LogP contribution in [0.3, 0.4) is 0 Å². The van der Waals surface area contributed by atoms with Crippen LogP contribution in [0.5, 0.6) is 0 Å². The number of carbonyl (C=O) groups excluding carboxylic acids is 2. The summed E-state index contributed by atoms with van der Waals surface area (Å²) in [6.45, 7) is 6.22. The molecule has 1 unspecified atom stereocenters. The van der Waals surface area contributed by atoms with Crippen LogP contribution in [0.1, 0.15) is 56.0 Å². The van der Waals surface area contributed by atoms with E-state index < -0.39 is 11.6 Å². The van der Waals surface area contributed by atoms with E-state index in [1.807, 2.05) is 19.1 Å². The van der Waals surface area contributed by atoms with Crippen molar-refractivity contribution in [2.75, 3.05) is 0 Å². The molecular weight excluding hydrogens is 252 g/mol. The molecular formula is C17H20O3. The summed E-state index contributed by atoms with van der Waals surface area (Å²) >= 11 is 0. The van der Waals surface area contributed by atoms with Crippen LogP contribution >= 0.6 is 0 Å². The van der Waals surface area contributed by atoms with Crippen molar-refractivity contribution in [1.82, 2.24) is 0 Å². The molecule has 1 aromatic rings. The SMILES string of the molecule is CCCC(C)(CC)OC1=CC(=O)C(=O)c2ccccc21. The Kier molecular flexibility index (Phi) is 4.07. The van der Waals surface area contributed by atoms with E-state index in [-0.39, 0.29) is 5.60 Å². The summed E-state index contributed by atoms with van der Waals surface area (Å²) in [6, 6.07) is 7.11. The molecule has 2 rings (SSSR count). The average Bonchev–Trinajstić information content (AvgIpc) is 2.45. The number of rotatable bonds is 5. The number of hydrogen-bond donors (Lipinski definition) is 0. The molecule has 0 bridgehead atoms. The minimum absolute atomic E-state index is 0.311. The van der Waals surface area contributed by atoms with E-state index in [0.717, 1.165) is 19.3 Å². The maximum absolute atomic E-state index is 11.9. The Balaban J connectivity index is 2.39. The lowest BCUT2D eigenvalue weighted by molar-refractivity contribution is -0.111. The van der Waals surface area contributed by atoms with Crippen LogP contribution in [0.4, 0.5) is 0 Å². The fraction of sp³-hybridized carbons (Fsp3) is 0.412. The summed E-state index contributed by atoms with van der Waals surface area (Å²) in [5.74, 6) is -0.446. The summed E-state index contributed by atoms with van der Waals surface area (Å²) in [4.78, 5) is 23.7. The van der Waals surface area contributed by atoms with Gasteiger partial charge in [0.15, 0.2) is 0 Å². The predicted molar refractivity (Wildman–Crippen MR) is 78.4 cm³/mol. The van der Waals surface area contributed by atoms with E-state index in [9.17, 15) is 9.59 Å². The largest absolute Gasteiger partial charge is 0.487 e. The van der Waals surface area contributed by atoms with Gasteiger partial charge >= 0.3 is 0 Å². The van der Waals surface area contributed by atoms with Gasteiger partial charge in [0, 0.05) is 17.2 Å². The molecule has 0 heterocycles. The lowest BCUT2D eigenvalue weighted by Crippen LogP contribution is -2.29. The van der Waals surface area contributed by atoms with Crippen LogP contribution in [0.15, 0.2) is 30.3 Å². The van der Waals surface area contributed by atoms with Crippen LogP contribution in [0.2, 0.25) is 0 Å². The fourth-order valence-corrected chi connectivity index (χ4v) is 2.47. The highest BCUT2D eigenvalue weighted by Crippen LogP contribution is 2.33. The van der Waals surface area contributed by atoms with Gasteiger partial charge in [-0.3, -0.25) is 9.59 Å². The first-order chi connectivity index (χ1) is 9.50. The van der Waals surface area contributed by atoms with Crippen molar-refractivity contribution in [3.05, 3.63) is 41.5 Å². The van der Waals surface area contributed by atoms with E-state index in [2.05, 4.69) is 13.8 Å². The first-order valence-corrected chi connectivity index (χ1v) is 7.09.